The summed E-state index contributed by atoms with van der Waals surface area (Å²) in [6, 6.07) is 18.4. The van der Waals surface area contributed by atoms with Gasteiger partial charge in [-0.15, -0.1) is 0 Å². The Kier molecular flexibility index (Phi) is 14.3. The predicted octanol–water partition coefficient (Wildman–Crippen LogP) is -3.85. The quantitative estimate of drug-likeness (QED) is 0.159. The van der Waals surface area contributed by atoms with Crippen LogP contribution in [-0.4, -0.2) is 50.7 Å². The van der Waals surface area contributed by atoms with Crippen molar-refractivity contribution in [2.45, 2.75) is 31.0 Å². The Balaban J connectivity index is 0.00000323. The van der Waals surface area contributed by atoms with Gasteiger partial charge in [0.15, 0.2) is 0 Å². The fourth-order valence-electron chi connectivity index (χ4n) is 6.56. The standard InChI is InChI=1S/C33H39O6Si.3ClH.Ti/c1-20-21(2)23(4)33(22(20)3)40(27-17-11-14-24(34-5)30(27)37-8,28-18-12-15-25(35-6)31(28)38-9)29-19-13-16-26(36-7)32(29)39-10;;;;/h11-19H,1-10H3;3*1H;/q;;;;+3/p-3. The van der Waals surface area contributed by atoms with Gasteiger partial charge in [0.05, 0.1) is 0 Å². The molecule has 0 bridgehead atoms. The first-order valence-corrected chi connectivity index (χ1v) is 16.2. The van der Waals surface area contributed by atoms with Crippen LogP contribution >= 0.6 is 0 Å². The molecule has 0 fully saturated rings. The van der Waals surface area contributed by atoms with Crippen molar-refractivity contribution in [1.29, 1.82) is 0 Å². The third-order valence-electron chi connectivity index (χ3n) is 8.80. The molecule has 1 aliphatic rings. The van der Waals surface area contributed by atoms with E-state index in [-0.39, 0.29) is 37.2 Å². The number of benzene rings is 3. The fourth-order valence-corrected chi connectivity index (χ4v) is 15.4. The largest absolute Gasteiger partial charge is 1.00 e. The number of para-hydroxylation sites is 3. The van der Waals surface area contributed by atoms with Crippen LogP contribution in [0.3, 0.4) is 0 Å². The second kappa shape index (κ2) is 15.8. The van der Waals surface area contributed by atoms with Crippen molar-refractivity contribution >= 4 is 23.6 Å². The topological polar surface area (TPSA) is 55.4 Å². The number of hydrogen-bond acceptors (Lipinski definition) is 6. The van der Waals surface area contributed by atoms with Crippen LogP contribution in [0.1, 0.15) is 27.7 Å². The molecule has 0 unspecified atom stereocenters. The second-order valence-corrected chi connectivity index (χ2v) is 15.9. The van der Waals surface area contributed by atoms with Crippen LogP contribution in [0.15, 0.2) is 76.9 Å². The van der Waals surface area contributed by atoms with Crippen LogP contribution < -0.4 is 81.2 Å². The Hall–Kier alpha value is -2.26. The minimum absolute atomic E-state index is 0. The van der Waals surface area contributed by atoms with Gasteiger partial charge in [0, 0.05) is 0 Å². The number of hydrogen-bond donors (Lipinski definition) is 0. The van der Waals surface area contributed by atoms with E-state index in [0.717, 1.165) is 15.6 Å². The van der Waals surface area contributed by atoms with E-state index in [1.165, 1.54) is 22.3 Å². The molecular formula is C33H39Cl3O6SiTi. The molecule has 0 saturated heterocycles. The minimum Gasteiger partial charge on any atom is -1.00 e. The maximum atomic E-state index is 6.24. The average Bonchev–Trinajstić information content (AvgIpc) is 3.16. The van der Waals surface area contributed by atoms with Gasteiger partial charge in [-0.25, -0.2) is 0 Å². The number of allylic oxidation sites excluding steroid dienone is 4. The van der Waals surface area contributed by atoms with Gasteiger partial charge in [-0.05, 0) is 0 Å². The van der Waals surface area contributed by atoms with E-state index in [1.807, 2.05) is 36.4 Å². The summed E-state index contributed by atoms with van der Waals surface area (Å²) in [7, 11) is 6.72. The molecule has 0 aromatic heterocycles. The van der Waals surface area contributed by atoms with E-state index < -0.39 is 11.4 Å². The van der Waals surface area contributed by atoms with Gasteiger partial charge in [-0.3, -0.25) is 0 Å². The first-order valence-electron chi connectivity index (χ1n) is 13.4. The van der Waals surface area contributed by atoms with E-state index in [9.17, 15) is 0 Å². The third-order valence-corrected chi connectivity index (χ3v) is 17.2. The van der Waals surface area contributed by atoms with E-state index >= 15 is 0 Å². The van der Waals surface area contributed by atoms with Crippen molar-refractivity contribution < 1.29 is 86.1 Å². The molecule has 4 rings (SSSR count). The summed E-state index contributed by atoms with van der Waals surface area (Å²) in [5.41, 5.74) is 5.15. The van der Waals surface area contributed by atoms with Crippen LogP contribution in [-0.2, 0) is 20.4 Å². The van der Waals surface area contributed by atoms with Crippen molar-refractivity contribution in [3.63, 3.8) is 0 Å². The molecule has 0 spiro atoms. The molecule has 0 atom stereocenters. The summed E-state index contributed by atoms with van der Waals surface area (Å²) in [4.78, 5) is 0. The van der Waals surface area contributed by atoms with Crippen LogP contribution in [0.5, 0.6) is 34.5 Å². The molecule has 11 heteroatoms. The Morgan fingerprint density at radius 3 is 0.977 bits per heavy atom. The van der Waals surface area contributed by atoms with Crippen molar-refractivity contribution in [2.24, 2.45) is 0 Å². The van der Waals surface area contributed by atoms with Gasteiger partial charge in [-0.2, -0.15) is 0 Å². The Bertz CT molecular complexity index is 1380. The summed E-state index contributed by atoms with van der Waals surface area (Å²) in [6.07, 6.45) is 0. The third kappa shape index (κ3) is 5.65. The molecule has 0 saturated carbocycles. The van der Waals surface area contributed by atoms with Gasteiger partial charge in [0.25, 0.3) is 0 Å². The second-order valence-electron chi connectivity index (χ2n) is 10.1. The molecule has 236 valence electrons. The summed E-state index contributed by atoms with van der Waals surface area (Å²) in [5, 5.41) is 3.09. The van der Waals surface area contributed by atoms with E-state index in [4.69, 9.17) is 28.4 Å². The zero-order chi connectivity index (χ0) is 30.1. The summed E-state index contributed by atoms with van der Waals surface area (Å²) < 4.78 is 35.9. The van der Waals surface area contributed by atoms with Crippen molar-refractivity contribution in [3.8, 4) is 34.5 Å². The zero-order valence-corrected chi connectivity index (χ0v) is 31.6. The van der Waals surface area contributed by atoms with Gasteiger partial charge in [0.1, 0.15) is 0 Å². The minimum atomic E-state index is -3.40. The maximum absolute atomic E-state index is 6.24. The van der Waals surface area contributed by atoms with Crippen molar-refractivity contribution in [1.82, 2.24) is 0 Å². The Morgan fingerprint density at radius 2 is 0.750 bits per heavy atom. The smallest absolute Gasteiger partial charge is 1.00 e. The van der Waals surface area contributed by atoms with Crippen molar-refractivity contribution in [2.75, 3.05) is 42.7 Å². The fraction of sp³-hybridized carbons (Fsp3) is 0.333. The van der Waals surface area contributed by atoms with E-state index in [2.05, 4.69) is 66.3 Å². The van der Waals surface area contributed by atoms with Gasteiger partial charge in [0.2, 0.25) is 0 Å². The first kappa shape index (κ1) is 39.8. The summed E-state index contributed by atoms with van der Waals surface area (Å²) >= 11 is 2.36. The van der Waals surface area contributed by atoms with Gasteiger partial charge >= 0.3 is 258 Å². The zero-order valence-electron chi connectivity index (χ0n) is 26.8. The number of methoxy groups -OCH3 is 6. The SMILES string of the molecule is COc1cccc([Si](c2cccc(OC)c2OC)(c2cccc(OC)c2OC)[C]2([Ti+3])C(C)=C(C)C(C)=C2C)c1OC.[Cl-].[Cl-].[Cl-]. The maximum Gasteiger partial charge on any atom is -1.00 e. The Labute approximate surface area is 293 Å². The monoisotopic (exact) mass is 712 g/mol. The Morgan fingerprint density at radius 1 is 0.477 bits per heavy atom. The van der Waals surface area contributed by atoms with Crippen molar-refractivity contribution in [3.05, 3.63) is 76.9 Å². The molecule has 1 aliphatic carbocycles. The number of halogens is 3. The number of ether oxygens (including phenoxy) is 6. The number of rotatable bonds is 10. The summed E-state index contributed by atoms with van der Waals surface area (Å²) in [5.74, 6) is 4.01. The molecular weight excluding hydrogens is 675 g/mol. The molecule has 0 aliphatic heterocycles. The van der Waals surface area contributed by atoms with Crippen LogP contribution in [0.25, 0.3) is 0 Å². The van der Waals surface area contributed by atoms with Gasteiger partial charge in [-0.1, -0.05) is 0 Å². The summed E-state index contributed by atoms with van der Waals surface area (Å²) in [6.45, 7) is 8.94. The molecule has 3 aromatic carbocycles. The first-order chi connectivity index (χ1) is 19.6. The van der Waals surface area contributed by atoms with Gasteiger partial charge < -0.3 is 37.2 Å². The van der Waals surface area contributed by atoms with Crippen LogP contribution in [0, 0.1) is 0 Å². The van der Waals surface area contributed by atoms with Crippen LogP contribution in [0.4, 0.5) is 0 Å². The van der Waals surface area contributed by atoms with E-state index in [1.54, 1.807) is 42.7 Å². The molecule has 0 N–H and O–H groups in total. The average molecular weight is 714 g/mol. The molecule has 0 amide bonds. The molecule has 0 heterocycles. The molecule has 44 heavy (non-hydrogen) atoms. The molecule has 3 aromatic rings. The van der Waals surface area contributed by atoms with E-state index in [0.29, 0.717) is 34.5 Å². The normalized spacial score (nSPS) is 13.7. The molecule has 6 nitrogen and oxygen atoms in total. The predicted molar refractivity (Wildman–Crippen MR) is 163 cm³/mol. The molecule has 0 radical (unpaired) electrons. The van der Waals surface area contributed by atoms with Crippen LogP contribution in [0.2, 0.25) is 3.34 Å².